The van der Waals surface area contributed by atoms with Crippen LogP contribution in [0.1, 0.15) is 26.3 Å². The minimum Gasteiger partial charge on any atom is -0.341 e. The first-order valence-corrected chi connectivity index (χ1v) is 7.44. The lowest BCUT2D eigenvalue weighted by molar-refractivity contribution is 0.589. The molecule has 0 bridgehead atoms. The fraction of sp³-hybridized carbons (Fsp3) is 0.333. The smallest absolute Gasteiger partial charge is 0.0491 e. The van der Waals surface area contributed by atoms with E-state index in [0.717, 1.165) is 13.1 Å². The van der Waals surface area contributed by atoms with Crippen molar-refractivity contribution in [3.8, 4) is 0 Å². The van der Waals surface area contributed by atoms with Crippen LogP contribution in [0.5, 0.6) is 0 Å². The van der Waals surface area contributed by atoms with E-state index in [0.29, 0.717) is 6.04 Å². The van der Waals surface area contributed by atoms with Gasteiger partial charge in [0.1, 0.15) is 0 Å². The van der Waals surface area contributed by atoms with E-state index in [-0.39, 0.29) is 0 Å². The van der Waals surface area contributed by atoms with Crippen LogP contribution in [-0.4, -0.2) is 10.6 Å². The molecule has 0 amide bonds. The van der Waals surface area contributed by atoms with Gasteiger partial charge in [0.05, 0.1) is 0 Å². The number of hydrogen-bond donors (Lipinski definition) is 1. The van der Waals surface area contributed by atoms with Gasteiger partial charge in [0, 0.05) is 40.9 Å². The maximum Gasteiger partial charge on any atom is 0.0491 e. The molecule has 2 heteroatoms. The first-order chi connectivity index (χ1) is 9.70. The zero-order chi connectivity index (χ0) is 14.1. The number of aromatic nitrogens is 1. The molecule has 1 N–H and O–H groups in total. The van der Waals surface area contributed by atoms with Crippen LogP contribution in [0, 0.1) is 0 Å². The maximum atomic E-state index is 3.49. The van der Waals surface area contributed by atoms with Crippen molar-refractivity contribution < 1.29 is 0 Å². The minimum atomic E-state index is 0.516. The molecule has 1 aromatic heterocycles. The molecule has 104 valence electrons. The highest BCUT2D eigenvalue weighted by Gasteiger charge is 2.09. The fourth-order valence-electron chi connectivity index (χ4n) is 2.87. The molecule has 0 fully saturated rings. The first kappa shape index (κ1) is 13.2. The zero-order valence-corrected chi connectivity index (χ0v) is 12.5. The number of benzene rings is 2. The van der Waals surface area contributed by atoms with E-state index in [9.17, 15) is 0 Å². The van der Waals surface area contributed by atoms with Crippen molar-refractivity contribution in [3.05, 3.63) is 48.0 Å². The third kappa shape index (κ3) is 2.20. The Labute approximate surface area is 120 Å². The van der Waals surface area contributed by atoms with Gasteiger partial charge in [-0.15, -0.1) is 0 Å². The number of hydrogen-bond acceptors (Lipinski definition) is 1. The summed E-state index contributed by atoms with van der Waals surface area (Å²) in [7, 11) is 0. The second kappa shape index (κ2) is 5.29. The molecule has 0 spiro atoms. The number of nitrogens with one attached hydrogen (secondary N) is 1. The summed E-state index contributed by atoms with van der Waals surface area (Å²) in [6.45, 7) is 8.51. The standard InChI is InChI=1S/C18H22N2/c1-4-20-17-8-6-5-7-15(17)16-11-14(9-10-18(16)20)12-19-13(2)3/h5-11,13,19H,4,12H2,1-3H3. The monoisotopic (exact) mass is 266 g/mol. The summed E-state index contributed by atoms with van der Waals surface area (Å²) in [5.74, 6) is 0. The Morgan fingerprint density at radius 1 is 1.00 bits per heavy atom. The summed E-state index contributed by atoms with van der Waals surface area (Å²) in [6.07, 6.45) is 0. The fourth-order valence-corrected chi connectivity index (χ4v) is 2.87. The van der Waals surface area contributed by atoms with Crippen molar-refractivity contribution in [2.75, 3.05) is 0 Å². The molecule has 20 heavy (non-hydrogen) atoms. The lowest BCUT2D eigenvalue weighted by atomic mass is 10.1. The van der Waals surface area contributed by atoms with Crippen LogP contribution in [0.3, 0.4) is 0 Å². The summed E-state index contributed by atoms with van der Waals surface area (Å²) in [6, 6.07) is 16.0. The molecular formula is C18H22N2. The van der Waals surface area contributed by atoms with Gasteiger partial charge < -0.3 is 9.88 Å². The first-order valence-electron chi connectivity index (χ1n) is 7.44. The van der Waals surface area contributed by atoms with Crippen molar-refractivity contribution in [2.24, 2.45) is 0 Å². The average molecular weight is 266 g/mol. The van der Waals surface area contributed by atoms with Gasteiger partial charge in [0.25, 0.3) is 0 Å². The van der Waals surface area contributed by atoms with Crippen molar-refractivity contribution in [1.29, 1.82) is 0 Å². The Kier molecular flexibility index (Phi) is 3.49. The van der Waals surface area contributed by atoms with E-state index in [4.69, 9.17) is 0 Å². The zero-order valence-electron chi connectivity index (χ0n) is 12.5. The predicted octanol–water partition coefficient (Wildman–Crippen LogP) is 4.31. The number of para-hydroxylation sites is 1. The van der Waals surface area contributed by atoms with Gasteiger partial charge in [0.2, 0.25) is 0 Å². The summed E-state index contributed by atoms with van der Waals surface area (Å²) in [5.41, 5.74) is 4.02. The second-order valence-corrected chi connectivity index (χ2v) is 5.65. The average Bonchev–Trinajstić information content (AvgIpc) is 2.78. The van der Waals surface area contributed by atoms with Crippen LogP contribution in [0.25, 0.3) is 21.8 Å². The van der Waals surface area contributed by atoms with Crippen molar-refractivity contribution in [3.63, 3.8) is 0 Å². The van der Waals surface area contributed by atoms with Gasteiger partial charge in [-0.2, -0.15) is 0 Å². The van der Waals surface area contributed by atoms with Crippen LogP contribution < -0.4 is 5.32 Å². The molecule has 3 rings (SSSR count). The van der Waals surface area contributed by atoms with Gasteiger partial charge in [0.15, 0.2) is 0 Å². The third-order valence-electron chi connectivity index (χ3n) is 3.87. The molecule has 0 saturated carbocycles. The molecule has 2 aromatic carbocycles. The number of fused-ring (bicyclic) bond motifs is 3. The Balaban J connectivity index is 2.16. The largest absolute Gasteiger partial charge is 0.341 e. The molecule has 0 saturated heterocycles. The highest BCUT2D eigenvalue weighted by atomic mass is 15.0. The highest BCUT2D eigenvalue weighted by molar-refractivity contribution is 6.08. The van der Waals surface area contributed by atoms with E-state index >= 15 is 0 Å². The van der Waals surface area contributed by atoms with Gasteiger partial charge in [-0.25, -0.2) is 0 Å². The van der Waals surface area contributed by atoms with Gasteiger partial charge in [-0.3, -0.25) is 0 Å². The lowest BCUT2D eigenvalue weighted by Gasteiger charge is -2.08. The Hall–Kier alpha value is -1.80. The van der Waals surface area contributed by atoms with Crippen molar-refractivity contribution in [2.45, 2.75) is 39.9 Å². The molecule has 0 atom stereocenters. The Morgan fingerprint density at radius 3 is 2.50 bits per heavy atom. The maximum absolute atomic E-state index is 3.49. The highest BCUT2D eigenvalue weighted by Crippen LogP contribution is 2.29. The van der Waals surface area contributed by atoms with Crippen molar-refractivity contribution in [1.82, 2.24) is 9.88 Å². The number of nitrogens with zero attached hydrogens (tertiary/aromatic N) is 1. The van der Waals surface area contributed by atoms with E-state index in [2.05, 4.69) is 73.1 Å². The summed E-state index contributed by atoms with van der Waals surface area (Å²) in [4.78, 5) is 0. The molecule has 0 aliphatic carbocycles. The van der Waals surface area contributed by atoms with Gasteiger partial charge >= 0.3 is 0 Å². The normalized spacial score (nSPS) is 11.8. The van der Waals surface area contributed by atoms with E-state index in [1.165, 1.54) is 27.4 Å². The van der Waals surface area contributed by atoms with Crippen LogP contribution >= 0.6 is 0 Å². The topological polar surface area (TPSA) is 17.0 Å². The summed E-state index contributed by atoms with van der Waals surface area (Å²) >= 11 is 0. The van der Waals surface area contributed by atoms with E-state index < -0.39 is 0 Å². The molecule has 3 aromatic rings. The molecule has 0 aliphatic rings. The van der Waals surface area contributed by atoms with E-state index in [1.54, 1.807) is 0 Å². The van der Waals surface area contributed by atoms with E-state index in [1.807, 2.05) is 0 Å². The predicted molar refractivity (Wildman–Crippen MR) is 87.1 cm³/mol. The number of aryl methyl sites for hydroxylation is 1. The molecule has 0 aliphatic heterocycles. The summed E-state index contributed by atoms with van der Waals surface area (Å²) in [5, 5.41) is 6.21. The van der Waals surface area contributed by atoms with Crippen LogP contribution in [0.15, 0.2) is 42.5 Å². The summed E-state index contributed by atoms with van der Waals surface area (Å²) < 4.78 is 2.39. The SMILES string of the molecule is CCn1c2ccccc2c2cc(CNC(C)C)ccc21. The van der Waals surface area contributed by atoms with Crippen LogP contribution in [-0.2, 0) is 13.1 Å². The molecule has 0 unspecified atom stereocenters. The quantitative estimate of drug-likeness (QED) is 0.744. The van der Waals surface area contributed by atoms with Crippen molar-refractivity contribution >= 4 is 21.8 Å². The Morgan fingerprint density at radius 2 is 1.75 bits per heavy atom. The van der Waals surface area contributed by atoms with Crippen LogP contribution in [0.4, 0.5) is 0 Å². The second-order valence-electron chi connectivity index (χ2n) is 5.65. The minimum absolute atomic E-state index is 0.516. The number of rotatable bonds is 4. The third-order valence-corrected chi connectivity index (χ3v) is 3.87. The molecule has 0 radical (unpaired) electrons. The van der Waals surface area contributed by atoms with Crippen LogP contribution in [0.2, 0.25) is 0 Å². The molecule has 1 heterocycles. The van der Waals surface area contributed by atoms with Gasteiger partial charge in [-0.05, 0) is 30.7 Å². The lowest BCUT2D eigenvalue weighted by Crippen LogP contribution is -2.21. The molecular weight excluding hydrogens is 244 g/mol. The Bertz CT molecular complexity index is 738. The molecule has 2 nitrogen and oxygen atoms in total. The van der Waals surface area contributed by atoms with Gasteiger partial charge in [-0.1, -0.05) is 38.1 Å².